The molecule has 4 heteroatoms. The number of hydrogen-bond acceptors (Lipinski definition) is 2. The molecule has 79 valence electrons. The van der Waals surface area contributed by atoms with Gasteiger partial charge in [0, 0.05) is 13.8 Å². The fourth-order valence-electron chi connectivity index (χ4n) is 1.04. The van der Waals surface area contributed by atoms with Crippen molar-refractivity contribution in [2.75, 3.05) is 6.61 Å². The van der Waals surface area contributed by atoms with Crippen molar-refractivity contribution in [3.63, 3.8) is 0 Å². The molecule has 0 saturated heterocycles. The van der Waals surface area contributed by atoms with E-state index >= 15 is 0 Å². The maximum Gasteiger partial charge on any atom is 0.338 e. The first-order chi connectivity index (χ1) is 7.15. The lowest BCUT2D eigenvalue weighted by molar-refractivity contribution is 0.0505. The summed E-state index contributed by atoms with van der Waals surface area (Å²) in [7, 11) is 3.33. The molecule has 1 rings (SSSR count). The van der Waals surface area contributed by atoms with Gasteiger partial charge in [-0.25, -0.2) is 4.79 Å². The zero-order valence-corrected chi connectivity index (χ0v) is 11.7. The number of esters is 1. The number of ether oxygens (including phenoxy) is 1. The summed E-state index contributed by atoms with van der Waals surface area (Å²) in [5.41, 5.74) is 1.80. The minimum atomic E-state index is -0.243. The highest BCUT2D eigenvalue weighted by Crippen LogP contribution is 2.14. The van der Waals surface area contributed by atoms with Gasteiger partial charge in [-0.3, -0.25) is 0 Å². The molecule has 0 bridgehead atoms. The Hall–Kier alpha value is -0.363. The average Bonchev–Trinajstić information content (AvgIpc) is 2.22. The van der Waals surface area contributed by atoms with Gasteiger partial charge in [0.05, 0.1) is 12.2 Å². The normalized spacial score (nSPS) is 10.1. The summed E-state index contributed by atoms with van der Waals surface area (Å²) in [4.78, 5) is 11.5. The first-order valence-corrected chi connectivity index (χ1v) is 6.51. The molecule has 0 atom stereocenters. The van der Waals surface area contributed by atoms with Crippen LogP contribution in [0, 0.1) is 10.5 Å². The van der Waals surface area contributed by atoms with Crippen LogP contribution in [0.4, 0.5) is 0 Å². The number of benzene rings is 1. The summed E-state index contributed by atoms with van der Waals surface area (Å²) in [5.74, 6) is -0.243. The number of rotatable bonds is 4. The Morgan fingerprint density at radius 1 is 1.53 bits per heavy atom. The molecule has 1 aromatic rings. The molecular weight excluding hydrogens is 319 g/mol. The number of hydrogen-bond donors (Lipinski definition) is 0. The Balaban J connectivity index is 2.62. The molecule has 0 amide bonds. The second-order valence-electron chi connectivity index (χ2n) is 3.20. The second-order valence-corrected chi connectivity index (χ2v) is 4.87. The molecule has 15 heavy (non-hydrogen) atoms. The van der Waals surface area contributed by atoms with Gasteiger partial charge < -0.3 is 4.74 Å². The van der Waals surface area contributed by atoms with Crippen molar-refractivity contribution in [3.8, 4) is 0 Å². The third-order valence-corrected chi connectivity index (χ3v) is 3.48. The van der Waals surface area contributed by atoms with Crippen molar-refractivity contribution in [2.24, 2.45) is 0 Å². The molecule has 0 heterocycles. The van der Waals surface area contributed by atoms with Crippen LogP contribution in [0.15, 0.2) is 18.2 Å². The summed E-state index contributed by atoms with van der Waals surface area (Å²) in [6, 6.07) is 6.43. The van der Waals surface area contributed by atoms with Gasteiger partial charge in [0.1, 0.15) is 0 Å². The smallest absolute Gasteiger partial charge is 0.338 e. The average molecular weight is 331 g/mol. The first kappa shape index (κ1) is 12.7. The Labute approximate surface area is 107 Å². The van der Waals surface area contributed by atoms with Crippen molar-refractivity contribution >= 4 is 38.8 Å². The number of carbonyl (C=O) groups is 1. The summed E-state index contributed by atoms with van der Waals surface area (Å²) in [6.45, 7) is 2.48. The van der Waals surface area contributed by atoms with E-state index in [1.54, 1.807) is 6.07 Å². The SMILES string of the molecule is Cc1ccc(C(=O)OCCC[Si])cc1I. The Morgan fingerprint density at radius 2 is 2.27 bits per heavy atom. The van der Waals surface area contributed by atoms with E-state index in [1.807, 2.05) is 19.1 Å². The molecule has 0 unspecified atom stereocenters. The van der Waals surface area contributed by atoms with Crippen LogP contribution in [-0.2, 0) is 4.74 Å². The zero-order valence-electron chi connectivity index (χ0n) is 8.55. The fraction of sp³-hybridized carbons (Fsp3) is 0.364. The summed E-state index contributed by atoms with van der Waals surface area (Å²) in [6.07, 6.45) is 0.839. The highest BCUT2D eigenvalue weighted by molar-refractivity contribution is 14.1. The van der Waals surface area contributed by atoms with Gasteiger partial charge in [0.15, 0.2) is 0 Å². The standard InChI is InChI=1S/C11H12IO2Si/c1-8-3-4-9(7-10(8)12)11(13)14-5-2-6-15/h3-4,7H,2,5-6H2,1H3. The quantitative estimate of drug-likeness (QED) is 0.367. The zero-order chi connectivity index (χ0) is 11.3. The van der Waals surface area contributed by atoms with E-state index in [9.17, 15) is 4.79 Å². The largest absolute Gasteiger partial charge is 0.462 e. The van der Waals surface area contributed by atoms with Gasteiger partial charge in [-0.15, -0.1) is 0 Å². The van der Waals surface area contributed by atoms with Gasteiger partial charge in [0.25, 0.3) is 0 Å². The maximum absolute atomic E-state index is 11.5. The van der Waals surface area contributed by atoms with Crippen LogP contribution in [0.3, 0.4) is 0 Å². The first-order valence-electron chi connectivity index (χ1n) is 4.73. The van der Waals surface area contributed by atoms with Crippen molar-refractivity contribution in [1.82, 2.24) is 0 Å². The van der Waals surface area contributed by atoms with Gasteiger partial charge in [0.2, 0.25) is 0 Å². The van der Waals surface area contributed by atoms with Gasteiger partial charge >= 0.3 is 5.97 Å². The van der Waals surface area contributed by atoms with E-state index in [-0.39, 0.29) is 5.97 Å². The van der Waals surface area contributed by atoms with Crippen molar-refractivity contribution < 1.29 is 9.53 Å². The molecule has 0 fully saturated rings. The van der Waals surface area contributed by atoms with Crippen LogP contribution in [0.5, 0.6) is 0 Å². The second kappa shape index (κ2) is 6.27. The topological polar surface area (TPSA) is 26.3 Å². The molecular formula is C11H12IO2Si. The maximum atomic E-state index is 11.5. The van der Waals surface area contributed by atoms with Crippen LogP contribution in [0.1, 0.15) is 22.3 Å². The Morgan fingerprint density at radius 3 is 2.87 bits per heavy atom. The molecule has 0 aliphatic rings. The third-order valence-electron chi connectivity index (χ3n) is 1.96. The summed E-state index contributed by atoms with van der Waals surface area (Å²) >= 11 is 2.21. The lowest BCUT2D eigenvalue weighted by Gasteiger charge is -2.05. The summed E-state index contributed by atoms with van der Waals surface area (Å²) < 4.78 is 6.18. The lowest BCUT2D eigenvalue weighted by Crippen LogP contribution is -2.06. The number of halogens is 1. The van der Waals surface area contributed by atoms with Gasteiger partial charge in [-0.05, 0) is 53.6 Å². The molecule has 2 nitrogen and oxygen atoms in total. The number of carbonyl (C=O) groups excluding carboxylic acids is 1. The minimum Gasteiger partial charge on any atom is -0.462 e. The molecule has 0 saturated carbocycles. The molecule has 0 N–H and O–H groups in total. The fourth-order valence-corrected chi connectivity index (χ4v) is 1.70. The highest BCUT2D eigenvalue weighted by Gasteiger charge is 2.07. The molecule has 0 aliphatic carbocycles. The van der Waals surface area contributed by atoms with Gasteiger partial charge in [-0.2, -0.15) is 0 Å². The van der Waals surface area contributed by atoms with Crippen LogP contribution >= 0.6 is 22.6 Å². The van der Waals surface area contributed by atoms with Crippen molar-refractivity contribution in [2.45, 2.75) is 19.4 Å². The van der Waals surface area contributed by atoms with Crippen LogP contribution in [0.2, 0.25) is 6.04 Å². The predicted octanol–water partition coefficient (Wildman–Crippen LogP) is 2.73. The van der Waals surface area contributed by atoms with E-state index in [4.69, 9.17) is 4.74 Å². The van der Waals surface area contributed by atoms with Crippen molar-refractivity contribution in [1.29, 1.82) is 0 Å². The van der Waals surface area contributed by atoms with Crippen molar-refractivity contribution in [3.05, 3.63) is 32.9 Å². The van der Waals surface area contributed by atoms with E-state index in [0.717, 1.165) is 16.0 Å². The van der Waals surface area contributed by atoms with E-state index in [2.05, 4.69) is 32.8 Å². The van der Waals surface area contributed by atoms with Gasteiger partial charge in [-0.1, -0.05) is 12.1 Å². The van der Waals surface area contributed by atoms with E-state index in [0.29, 0.717) is 12.2 Å². The minimum absolute atomic E-state index is 0.243. The van der Waals surface area contributed by atoms with E-state index in [1.165, 1.54) is 5.56 Å². The molecule has 0 aliphatic heterocycles. The predicted molar refractivity (Wildman–Crippen MR) is 69.4 cm³/mol. The lowest BCUT2D eigenvalue weighted by atomic mass is 10.1. The molecule has 0 spiro atoms. The molecule has 1 aromatic carbocycles. The molecule has 0 aromatic heterocycles. The monoisotopic (exact) mass is 331 g/mol. The summed E-state index contributed by atoms with van der Waals surface area (Å²) in [5, 5.41) is 0. The Bertz CT molecular complexity index is 352. The van der Waals surface area contributed by atoms with Crippen LogP contribution < -0.4 is 0 Å². The Kier molecular flexibility index (Phi) is 5.31. The van der Waals surface area contributed by atoms with Crippen LogP contribution in [-0.4, -0.2) is 22.8 Å². The van der Waals surface area contributed by atoms with Crippen LogP contribution in [0.25, 0.3) is 0 Å². The highest BCUT2D eigenvalue weighted by atomic mass is 127. The molecule has 3 radical (unpaired) electrons. The number of aryl methyl sites for hydroxylation is 1. The third kappa shape index (κ3) is 3.94. The van der Waals surface area contributed by atoms with E-state index < -0.39 is 0 Å².